The summed E-state index contributed by atoms with van der Waals surface area (Å²) in [7, 11) is 2.10. The van der Waals surface area contributed by atoms with E-state index in [9.17, 15) is 4.79 Å². The van der Waals surface area contributed by atoms with Gasteiger partial charge in [-0.05, 0) is 27.3 Å². The number of nitrogens with zero attached hydrogens (tertiary/aromatic N) is 2. The lowest BCUT2D eigenvalue weighted by Crippen LogP contribution is -2.63. The Hall–Kier alpha value is -0.870. The van der Waals surface area contributed by atoms with Gasteiger partial charge < -0.3 is 10.0 Å². The van der Waals surface area contributed by atoms with Crippen LogP contribution in [0.15, 0.2) is 12.7 Å². The zero-order valence-electron chi connectivity index (χ0n) is 11.1. The minimum atomic E-state index is -0.713. The van der Waals surface area contributed by atoms with Gasteiger partial charge >= 0.3 is 5.97 Å². The molecule has 4 heteroatoms. The summed E-state index contributed by atoms with van der Waals surface area (Å²) in [6.07, 6.45) is 2.85. The minimum absolute atomic E-state index is 0.0738. The molecule has 0 radical (unpaired) electrons. The van der Waals surface area contributed by atoms with E-state index in [0.29, 0.717) is 12.5 Å². The highest BCUT2D eigenvalue weighted by molar-refractivity contribution is 5.66. The van der Waals surface area contributed by atoms with Crippen LogP contribution in [-0.2, 0) is 4.79 Å². The fourth-order valence-electron chi connectivity index (χ4n) is 2.84. The van der Waals surface area contributed by atoms with Crippen LogP contribution < -0.4 is 0 Å². The third-order valence-corrected chi connectivity index (χ3v) is 3.41. The largest absolute Gasteiger partial charge is 0.481 e. The van der Waals surface area contributed by atoms with E-state index in [1.54, 1.807) is 0 Å². The summed E-state index contributed by atoms with van der Waals surface area (Å²) >= 11 is 0. The summed E-state index contributed by atoms with van der Waals surface area (Å²) in [5, 5.41) is 8.80. The molecule has 1 saturated heterocycles. The molecule has 1 fully saturated rings. The standard InChI is InChI=1S/C13H24N2O2/c1-5-8-15-11(6-7-12(16)17)9-14(4)10-13(15,2)3/h5,11H,1,6-10H2,2-4H3,(H,16,17). The smallest absolute Gasteiger partial charge is 0.303 e. The molecule has 1 heterocycles. The average molecular weight is 240 g/mol. The van der Waals surface area contributed by atoms with Gasteiger partial charge in [0.05, 0.1) is 0 Å². The van der Waals surface area contributed by atoms with Crippen molar-refractivity contribution in [2.45, 2.75) is 38.3 Å². The van der Waals surface area contributed by atoms with Crippen molar-refractivity contribution in [3.8, 4) is 0 Å². The Balaban J connectivity index is 2.74. The number of carboxylic acids is 1. The lowest BCUT2D eigenvalue weighted by molar-refractivity contribution is -0.137. The number of rotatable bonds is 5. The van der Waals surface area contributed by atoms with E-state index in [4.69, 9.17) is 5.11 Å². The van der Waals surface area contributed by atoms with Gasteiger partial charge in [-0.25, -0.2) is 0 Å². The van der Waals surface area contributed by atoms with Crippen LogP contribution in [0, 0.1) is 0 Å². The normalized spacial score (nSPS) is 25.7. The fourth-order valence-corrected chi connectivity index (χ4v) is 2.84. The summed E-state index contributed by atoms with van der Waals surface area (Å²) in [4.78, 5) is 15.4. The lowest BCUT2D eigenvalue weighted by atomic mass is 9.93. The number of hydrogen-bond acceptors (Lipinski definition) is 3. The Bertz CT molecular complexity index is 289. The first-order valence-electron chi connectivity index (χ1n) is 6.15. The molecule has 1 aliphatic heterocycles. The van der Waals surface area contributed by atoms with E-state index in [1.165, 1.54) is 0 Å². The van der Waals surface area contributed by atoms with E-state index in [2.05, 4.69) is 37.3 Å². The molecule has 1 N–H and O–H groups in total. The van der Waals surface area contributed by atoms with Gasteiger partial charge in [-0.2, -0.15) is 0 Å². The van der Waals surface area contributed by atoms with E-state index in [0.717, 1.165) is 19.6 Å². The Labute approximate surface area is 104 Å². The third-order valence-electron chi connectivity index (χ3n) is 3.41. The summed E-state index contributed by atoms with van der Waals surface area (Å²) < 4.78 is 0. The quantitative estimate of drug-likeness (QED) is 0.738. The maximum atomic E-state index is 10.7. The van der Waals surface area contributed by atoms with Gasteiger partial charge in [0.25, 0.3) is 0 Å². The predicted molar refractivity (Wildman–Crippen MR) is 69.1 cm³/mol. The van der Waals surface area contributed by atoms with Crippen molar-refractivity contribution >= 4 is 5.97 Å². The number of hydrogen-bond donors (Lipinski definition) is 1. The molecule has 0 amide bonds. The van der Waals surface area contributed by atoms with Crippen LogP contribution in [0.1, 0.15) is 26.7 Å². The van der Waals surface area contributed by atoms with Crippen molar-refractivity contribution < 1.29 is 9.90 Å². The van der Waals surface area contributed by atoms with Crippen molar-refractivity contribution in [2.24, 2.45) is 0 Å². The number of likely N-dealkylation sites (N-methyl/N-ethyl adjacent to an activating group) is 1. The van der Waals surface area contributed by atoms with Gasteiger partial charge in [0.1, 0.15) is 0 Å². The molecule has 1 unspecified atom stereocenters. The van der Waals surface area contributed by atoms with Crippen molar-refractivity contribution in [2.75, 3.05) is 26.7 Å². The van der Waals surface area contributed by atoms with Gasteiger partial charge in [0, 0.05) is 37.6 Å². The average Bonchev–Trinajstić information content (AvgIpc) is 2.18. The van der Waals surface area contributed by atoms with Crippen molar-refractivity contribution in [3.05, 3.63) is 12.7 Å². The van der Waals surface area contributed by atoms with E-state index < -0.39 is 5.97 Å². The maximum Gasteiger partial charge on any atom is 0.303 e. The Kier molecular flexibility index (Phi) is 4.71. The highest BCUT2D eigenvalue weighted by Crippen LogP contribution is 2.26. The molecule has 1 aliphatic rings. The van der Waals surface area contributed by atoms with E-state index >= 15 is 0 Å². The first-order valence-corrected chi connectivity index (χ1v) is 6.15. The second kappa shape index (κ2) is 5.65. The second-order valence-corrected chi connectivity index (χ2v) is 5.54. The monoisotopic (exact) mass is 240 g/mol. The first kappa shape index (κ1) is 14.2. The Morgan fingerprint density at radius 2 is 2.24 bits per heavy atom. The van der Waals surface area contributed by atoms with Crippen molar-refractivity contribution in [1.29, 1.82) is 0 Å². The molecule has 0 saturated carbocycles. The summed E-state index contributed by atoms with van der Waals surface area (Å²) in [5.74, 6) is -0.713. The minimum Gasteiger partial charge on any atom is -0.481 e. The molecule has 17 heavy (non-hydrogen) atoms. The van der Waals surface area contributed by atoms with Gasteiger partial charge in [-0.3, -0.25) is 9.69 Å². The number of carboxylic acid groups (broad SMARTS) is 1. The summed E-state index contributed by atoms with van der Waals surface area (Å²) in [5.41, 5.74) is 0.0738. The van der Waals surface area contributed by atoms with Crippen LogP contribution in [0.5, 0.6) is 0 Å². The fraction of sp³-hybridized carbons (Fsp3) is 0.769. The van der Waals surface area contributed by atoms with E-state index in [-0.39, 0.29) is 12.0 Å². The third kappa shape index (κ3) is 3.82. The second-order valence-electron chi connectivity index (χ2n) is 5.54. The van der Waals surface area contributed by atoms with Gasteiger partial charge in [0.2, 0.25) is 0 Å². The molecule has 1 rings (SSSR count). The van der Waals surface area contributed by atoms with Crippen LogP contribution in [-0.4, -0.2) is 59.1 Å². The van der Waals surface area contributed by atoms with Crippen LogP contribution in [0.25, 0.3) is 0 Å². The number of carbonyl (C=O) groups is 1. The summed E-state index contributed by atoms with van der Waals surface area (Å²) in [6, 6.07) is 0.304. The molecule has 0 aliphatic carbocycles. The zero-order chi connectivity index (χ0) is 13.1. The van der Waals surface area contributed by atoms with Crippen LogP contribution in [0.4, 0.5) is 0 Å². The number of piperazine rings is 1. The lowest BCUT2D eigenvalue weighted by Gasteiger charge is -2.51. The van der Waals surface area contributed by atoms with Crippen molar-refractivity contribution in [3.63, 3.8) is 0 Å². The molecule has 4 nitrogen and oxygen atoms in total. The topological polar surface area (TPSA) is 43.8 Å². The highest BCUT2D eigenvalue weighted by atomic mass is 16.4. The van der Waals surface area contributed by atoms with E-state index in [1.807, 2.05) is 6.08 Å². The molecule has 0 aromatic heterocycles. The van der Waals surface area contributed by atoms with Crippen LogP contribution in [0.3, 0.4) is 0 Å². The summed E-state index contributed by atoms with van der Waals surface area (Å²) in [6.45, 7) is 11.0. The maximum absolute atomic E-state index is 10.7. The van der Waals surface area contributed by atoms with Crippen LogP contribution >= 0.6 is 0 Å². The van der Waals surface area contributed by atoms with Gasteiger partial charge in [-0.15, -0.1) is 6.58 Å². The molecular formula is C13H24N2O2. The van der Waals surface area contributed by atoms with Gasteiger partial charge in [-0.1, -0.05) is 6.08 Å². The highest BCUT2D eigenvalue weighted by Gasteiger charge is 2.37. The zero-order valence-corrected chi connectivity index (χ0v) is 11.1. The molecular weight excluding hydrogens is 216 g/mol. The molecule has 0 bridgehead atoms. The van der Waals surface area contributed by atoms with Crippen molar-refractivity contribution in [1.82, 2.24) is 9.80 Å². The number of aliphatic carboxylic acids is 1. The Morgan fingerprint density at radius 3 is 2.76 bits per heavy atom. The SMILES string of the molecule is C=CCN1C(CCC(=O)O)CN(C)CC1(C)C. The predicted octanol–water partition coefficient (Wildman–Crippen LogP) is 1.43. The molecule has 0 aromatic rings. The molecule has 0 spiro atoms. The molecule has 0 aromatic carbocycles. The molecule has 1 atom stereocenters. The first-order chi connectivity index (χ1) is 7.86. The van der Waals surface area contributed by atoms with Gasteiger partial charge in [0.15, 0.2) is 0 Å². The van der Waals surface area contributed by atoms with Crippen LogP contribution in [0.2, 0.25) is 0 Å². The Morgan fingerprint density at radius 1 is 1.59 bits per heavy atom. The molecule has 98 valence electrons.